The molecule has 0 bridgehead atoms. The molecule has 1 amide bonds. The summed E-state index contributed by atoms with van der Waals surface area (Å²) in [6.45, 7) is 5.38. The summed E-state index contributed by atoms with van der Waals surface area (Å²) < 4.78 is 6.28. The Balaban J connectivity index is 1.64. The Morgan fingerprint density at radius 3 is 2.63 bits per heavy atom. The molecule has 0 unspecified atom stereocenters. The number of nitrogens with one attached hydrogen (secondary N) is 1. The molecule has 1 heterocycles. The lowest BCUT2D eigenvalue weighted by atomic mass is 10.2. The Labute approximate surface area is 122 Å². The van der Waals surface area contributed by atoms with Gasteiger partial charge in [0.2, 0.25) is 0 Å². The van der Waals surface area contributed by atoms with E-state index in [0.29, 0.717) is 12.1 Å². The first-order chi connectivity index (χ1) is 9.25. The topological polar surface area (TPSA) is 41.6 Å². The lowest BCUT2D eigenvalue weighted by Gasteiger charge is -2.26. The first-order valence-corrected chi connectivity index (χ1v) is 7.39. The van der Waals surface area contributed by atoms with E-state index in [1.54, 1.807) is 0 Å². The summed E-state index contributed by atoms with van der Waals surface area (Å²) in [7, 11) is 0. The average Bonchev–Trinajstić information content (AvgIpc) is 2.45. The summed E-state index contributed by atoms with van der Waals surface area (Å²) in [5, 5.41) is 2.95. The fourth-order valence-corrected chi connectivity index (χ4v) is 2.30. The summed E-state index contributed by atoms with van der Waals surface area (Å²) >= 11 is 3.36. The third kappa shape index (κ3) is 4.93. The van der Waals surface area contributed by atoms with E-state index in [-0.39, 0.29) is 5.91 Å². The van der Waals surface area contributed by atoms with Crippen LogP contribution in [0.15, 0.2) is 28.7 Å². The molecule has 0 atom stereocenters. The summed E-state index contributed by atoms with van der Waals surface area (Å²) in [4.78, 5) is 14.2. The minimum Gasteiger partial charge on any atom is -0.379 e. The van der Waals surface area contributed by atoms with Gasteiger partial charge in [0.05, 0.1) is 13.2 Å². The van der Waals surface area contributed by atoms with Gasteiger partial charge in [-0.1, -0.05) is 15.9 Å². The van der Waals surface area contributed by atoms with Crippen LogP contribution in [0.5, 0.6) is 0 Å². The molecule has 1 N–H and O–H groups in total. The highest BCUT2D eigenvalue weighted by molar-refractivity contribution is 9.10. The van der Waals surface area contributed by atoms with Crippen molar-refractivity contribution < 1.29 is 9.53 Å². The Morgan fingerprint density at radius 2 is 1.95 bits per heavy atom. The molecule has 0 aliphatic carbocycles. The summed E-state index contributed by atoms with van der Waals surface area (Å²) in [5.74, 6) is -0.00511. The minimum absolute atomic E-state index is 0.00511. The smallest absolute Gasteiger partial charge is 0.251 e. The van der Waals surface area contributed by atoms with Gasteiger partial charge in [-0.05, 0) is 37.2 Å². The van der Waals surface area contributed by atoms with Crippen LogP contribution in [0.1, 0.15) is 16.8 Å². The van der Waals surface area contributed by atoms with Crippen LogP contribution in [0.2, 0.25) is 0 Å². The lowest BCUT2D eigenvalue weighted by molar-refractivity contribution is 0.0374. The Hall–Kier alpha value is -0.910. The van der Waals surface area contributed by atoms with Crippen LogP contribution in [0.3, 0.4) is 0 Å². The third-order valence-electron chi connectivity index (χ3n) is 3.15. The number of carbonyl (C=O) groups excluding carboxylic acids is 1. The maximum absolute atomic E-state index is 11.8. The van der Waals surface area contributed by atoms with E-state index in [1.807, 2.05) is 24.3 Å². The molecule has 0 saturated carbocycles. The van der Waals surface area contributed by atoms with Gasteiger partial charge < -0.3 is 10.1 Å². The molecule has 1 aliphatic rings. The molecule has 1 aromatic rings. The van der Waals surface area contributed by atoms with Crippen molar-refractivity contribution in [1.29, 1.82) is 0 Å². The third-order valence-corrected chi connectivity index (χ3v) is 3.68. The van der Waals surface area contributed by atoms with Gasteiger partial charge in [-0.25, -0.2) is 0 Å². The standard InChI is InChI=1S/C14H19BrN2O2/c15-13-4-2-12(3-5-13)14(18)16-6-1-7-17-8-10-19-11-9-17/h2-5H,1,6-11H2,(H,16,18). The van der Waals surface area contributed by atoms with Crippen molar-refractivity contribution in [1.82, 2.24) is 10.2 Å². The fraction of sp³-hybridized carbons (Fsp3) is 0.500. The van der Waals surface area contributed by atoms with E-state index >= 15 is 0 Å². The van der Waals surface area contributed by atoms with Crippen LogP contribution < -0.4 is 5.32 Å². The predicted molar refractivity (Wildman–Crippen MR) is 78.4 cm³/mol. The number of morpholine rings is 1. The van der Waals surface area contributed by atoms with Gasteiger partial charge in [0.1, 0.15) is 0 Å². The zero-order valence-electron chi connectivity index (χ0n) is 10.9. The van der Waals surface area contributed by atoms with Gasteiger partial charge in [0.15, 0.2) is 0 Å². The van der Waals surface area contributed by atoms with Crippen molar-refractivity contribution >= 4 is 21.8 Å². The van der Waals surface area contributed by atoms with Crippen molar-refractivity contribution in [3.8, 4) is 0 Å². The van der Waals surface area contributed by atoms with Crippen molar-refractivity contribution in [3.05, 3.63) is 34.3 Å². The highest BCUT2D eigenvalue weighted by atomic mass is 79.9. The maximum Gasteiger partial charge on any atom is 0.251 e. The number of hydrogen-bond donors (Lipinski definition) is 1. The Bertz CT molecular complexity index is 402. The van der Waals surface area contributed by atoms with Crippen molar-refractivity contribution in [3.63, 3.8) is 0 Å². The van der Waals surface area contributed by atoms with Gasteiger partial charge in [-0.15, -0.1) is 0 Å². The number of hydrogen-bond acceptors (Lipinski definition) is 3. The van der Waals surface area contributed by atoms with Crippen LogP contribution in [0, 0.1) is 0 Å². The summed E-state index contributed by atoms with van der Waals surface area (Å²) in [5.41, 5.74) is 0.703. The first kappa shape index (κ1) is 14.5. The molecule has 5 heteroatoms. The van der Waals surface area contributed by atoms with Crippen LogP contribution in [-0.2, 0) is 4.74 Å². The second-order valence-electron chi connectivity index (χ2n) is 4.57. The van der Waals surface area contributed by atoms with Crippen molar-refractivity contribution in [2.45, 2.75) is 6.42 Å². The number of benzene rings is 1. The number of amides is 1. The zero-order valence-corrected chi connectivity index (χ0v) is 12.5. The highest BCUT2D eigenvalue weighted by Crippen LogP contribution is 2.10. The molecule has 19 heavy (non-hydrogen) atoms. The molecule has 1 aromatic carbocycles. The van der Waals surface area contributed by atoms with Crippen LogP contribution in [0.25, 0.3) is 0 Å². The van der Waals surface area contributed by atoms with Gasteiger partial charge in [0, 0.05) is 29.7 Å². The second kappa shape index (κ2) is 7.62. The summed E-state index contributed by atoms with van der Waals surface area (Å²) in [6, 6.07) is 7.40. The molecule has 1 saturated heterocycles. The number of nitrogens with zero attached hydrogens (tertiary/aromatic N) is 1. The first-order valence-electron chi connectivity index (χ1n) is 6.59. The number of halogens is 1. The maximum atomic E-state index is 11.8. The van der Waals surface area contributed by atoms with Crippen LogP contribution in [-0.4, -0.2) is 50.2 Å². The Morgan fingerprint density at radius 1 is 1.26 bits per heavy atom. The molecule has 4 nitrogen and oxygen atoms in total. The van der Waals surface area contributed by atoms with Crippen molar-refractivity contribution in [2.24, 2.45) is 0 Å². The molecule has 0 spiro atoms. The molecule has 104 valence electrons. The molecule has 0 radical (unpaired) electrons. The van der Waals surface area contributed by atoms with E-state index in [4.69, 9.17) is 4.74 Å². The highest BCUT2D eigenvalue weighted by Gasteiger charge is 2.09. The van der Waals surface area contributed by atoms with Crippen LogP contribution >= 0.6 is 15.9 Å². The van der Waals surface area contributed by atoms with Crippen molar-refractivity contribution in [2.75, 3.05) is 39.4 Å². The molecule has 2 rings (SSSR count). The fourth-order valence-electron chi connectivity index (χ4n) is 2.03. The molecule has 1 aliphatic heterocycles. The SMILES string of the molecule is O=C(NCCCN1CCOCC1)c1ccc(Br)cc1. The number of rotatable bonds is 5. The average molecular weight is 327 g/mol. The van der Waals surface area contributed by atoms with Crippen LogP contribution in [0.4, 0.5) is 0 Å². The summed E-state index contributed by atoms with van der Waals surface area (Å²) in [6.07, 6.45) is 0.974. The quantitative estimate of drug-likeness (QED) is 0.840. The van der Waals surface area contributed by atoms with E-state index in [9.17, 15) is 4.79 Å². The van der Waals surface area contributed by atoms with E-state index < -0.39 is 0 Å². The number of carbonyl (C=O) groups is 1. The molecule has 0 aromatic heterocycles. The zero-order chi connectivity index (χ0) is 13.5. The molecule has 1 fully saturated rings. The second-order valence-corrected chi connectivity index (χ2v) is 5.49. The van der Waals surface area contributed by atoms with Gasteiger partial charge in [-0.3, -0.25) is 9.69 Å². The van der Waals surface area contributed by atoms with E-state index in [0.717, 1.165) is 43.7 Å². The Kier molecular flexibility index (Phi) is 5.82. The van der Waals surface area contributed by atoms with E-state index in [2.05, 4.69) is 26.1 Å². The molecular weight excluding hydrogens is 308 g/mol. The van der Waals surface area contributed by atoms with Gasteiger partial charge in [0.25, 0.3) is 5.91 Å². The molecular formula is C14H19BrN2O2. The van der Waals surface area contributed by atoms with Gasteiger partial charge >= 0.3 is 0 Å². The lowest BCUT2D eigenvalue weighted by Crippen LogP contribution is -2.38. The largest absolute Gasteiger partial charge is 0.379 e. The van der Waals surface area contributed by atoms with Gasteiger partial charge in [-0.2, -0.15) is 0 Å². The number of ether oxygens (including phenoxy) is 1. The minimum atomic E-state index is -0.00511. The monoisotopic (exact) mass is 326 g/mol. The predicted octanol–water partition coefficient (Wildman–Crippen LogP) is 1.90. The normalized spacial score (nSPS) is 16.3. The van der Waals surface area contributed by atoms with E-state index in [1.165, 1.54) is 0 Å².